The summed E-state index contributed by atoms with van der Waals surface area (Å²) in [7, 11) is 0. The molecule has 0 saturated heterocycles. The van der Waals surface area contributed by atoms with Gasteiger partial charge in [0.25, 0.3) is 0 Å². The lowest BCUT2D eigenvalue weighted by molar-refractivity contribution is -0.145. The van der Waals surface area contributed by atoms with Gasteiger partial charge < -0.3 is 9.84 Å². The molecule has 0 fully saturated rings. The summed E-state index contributed by atoms with van der Waals surface area (Å²) in [5, 5.41) is 9.22. The zero-order valence-corrected chi connectivity index (χ0v) is 9.06. The van der Waals surface area contributed by atoms with Crippen molar-refractivity contribution < 1.29 is 19.4 Å². The molecule has 4 nitrogen and oxygen atoms in total. The smallest absolute Gasteiger partial charge is 0.339 e. The third-order valence-electron chi connectivity index (χ3n) is 2.79. The molecule has 1 aliphatic rings. The third-order valence-corrected chi connectivity index (χ3v) is 2.79. The molecule has 1 aromatic rings. The Bertz CT molecular complexity index is 462. The fourth-order valence-corrected chi connectivity index (χ4v) is 2.09. The van der Waals surface area contributed by atoms with Crippen molar-refractivity contribution in [1.82, 2.24) is 0 Å². The predicted molar refractivity (Wildman–Crippen MR) is 56.3 cm³/mol. The quantitative estimate of drug-likeness (QED) is 0.733. The van der Waals surface area contributed by atoms with Crippen molar-refractivity contribution in [1.29, 1.82) is 0 Å². The van der Waals surface area contributed by atoms with Gasteiger partial charge in [0, 0.05) is 0 Å². The first-order valence-corrected chi connectivity index (χ1v) is 4.98. The second-order valence-corrected chi connectivity index (χ2v) is 4.35. The maximum atomic E-state index is 11.7. The maximum absolute atomic E-state index is 11.7. The lowest BCUT2D eigenvalue weighted by Gasteiger charge is -2.36. The number of fused-ring (bicyclic) bond motifs is 1. The van der Waals surface area contributed by atoms with Crippen molar-refractivity contribution in [2.24, 2.45) is 0 Å². The standard InChI is InChI=1S/C12H12O4/c1-12(2)9(10(13)14)7-5-3-4-6-8(7)11(15)16-12/h3-6,9H,1-2H3,(H,13,14). The molecule has 1 heterocycles. The van der Waals surface area contributed by atoms with Crippen LogP contribution in [0.25, 0.3) is 0 Å². The molecule has 16 heavy (non-hydrogen) atoms. The summed E-state index contributed by atoms with van der Waals surface area (Å²) in [6, 6.07) is 6.67. The van der Waals surface area contributed by atoms with E-state index < -0.39 is 23.5 Å². The molecule has 0 amide bonds. The number of aliphatic carboxylic acids is 1. The number of hydrogen-bond donors (Lipinski definition) is 1. The van der Waals surface area contributed by atoms with Crippen molar-refractivity contribution in [2.45, 2.75) is 25.4 Å². The van der Waals surface area contributed by atoms with E-state index in [0.717, 1.165) is 0 Å². The molecule has 1 unspecified atom stereocenters. The number of carboxylic acids is 1. The minimum Gasteiger partial charge on any atom is -0.481 e. The predicted octanol–water partition coefficient (Wildman–Crippen LogP) is 1.80. The maximum Gasteiger partial charge on any atom is 0.339 e. The minimum absolute atomic E-state index is 0.342. The summed E-state index contributed by atoms with van der Waals surface area (Å²) in [5.74, 6) is -2.26. The summed E-state index contributed by atoms with van der Waals surface area (Å²) in [5.41, 5.74) is -0.150. The molecule has 0 aromatic heterocycles. The lowest BCUT2D eigenvalue weighted by atomic mass is 9.80. The fraction of sp³-hybridized carbons (Fsp3) is 0.333. The highest BCUT2D eigenvalue weighted by Crippen LogP contribution is 2.38. The fourth-order valence-electron chi connectivity index (χ4n) is 2.09. The number of carbonyl (C=O) groups is 2. The van der Waals surface area contributed by atoms with E-state index in [9.17, 15) is 14.7 Å². The van der Waals surface area contributed by atoms with Gasteiger partial charge in [-0.1, -0.05) is 18.2 Å². The lowest BCUT2D eigenvalue weighted by Crippen LogP contribution is -2.43. The zero-order valence-electron chi connectivity index (χ0n) is 9.06. The second kappa shape index (κ2) is 3.33. The van der Waals surface area contributed by atoms with Crippen LogP contribution in [0.1, 0.15) is 35.7 Å². The van der Waals surface area contributed by atoms with Crippen molar-refractivity contribution >= 4 is 11.9 Å². The van der Waals surface area contributed by atoms with Gasteiger partial charge in [-0.2, -0.15) is 0 Å². The molecule has 1 aromatic carbocycles. The highest BCUT2D eigenvalue weighted by atomic mass is 16.6. The molecule has 2 rings (SSSR count). The van der Waals surface area contributed by atoms with Gasteiger partial charge in [0.05, 0.1) is 5.56 Å². The van der Waals surface area contributed by atoms with Gasteiger partial charge in [-0.3, -0.25) is 4.79 Å². The molecular weight excluding hydrogens is 208 g/mol. The molecule has 1 aliphatic heterocycles. The van der Waals surface area contributed by atoms with Crippen LogP contribution in [0, 0.1) is 0 Å². The van der Waals surface area contributed by atoms with Crippen molar-refractivity contribution in [2.75, 3.05) is 0 Å². The average Bonchev–Trinajstić information content (AvgIpc) is 2.15. The molecule has 0 radical (unpaired) electrons. The number of ether oxygens (including phenoxy) is 1. The molecule has 1 N–H and O–H groups in total. The van der Waals surface area contributed by atoms with Gasteiger partial charge in [0.1, 0.15) is 11.5 Å². The number of benzene rings is 1. The number of rotatable bonds is 1. The van der Waals surface area contributed by atoms with E-state index in [1.807, 2.05) is 0 Å². The Morgan fingerprint density at radius 1 is 1.38 bits per heavy atom. The molecule has 84 valence electrons. The molecule has 0 spiro atoms. The van der Waals surface area contributed by atoms with E-state index in [2.05, 4.69) is 0 Å². The van der Waals surface area contributed by atoms with Gasteiger partial charge in [-0.25, -0.2) is 4.79 Å². The Balaban J connectivity index is 2.63. The molecular formula is C12H12O4. The van der Waals surface area contributed by atoms with Crippen LogP contribution in [0.2, 0.25) is 0 Å². The Labute approximate surface area is 92.8 Å². The van der Waals surface area contributed by atoms with E-state index in [1.165, 1.54) is 0 Å². The van der Waals surface area contributed by atoms with Crippen LogP contribution >= 0.6 is 0 Å². The molecule has 0 aliphatic carbocycles. The van der Waals surface area contributed by atoms with E-state index >= 15 is 0 Å². The SMILES string of the molecule is CC1(C)OC(=O)c2ccccc2C1C(=O)O. The number of carboxylic acid groups (broad SMARTS) is 1. The first-order chi connectivity index (χ1) is 7.43. The summed E-state index contributed by atoms with van der Waals surface area (Å²) in [4.78, 5) is 22.9. The molecule has 4 heteroatoms. The van der Waals surface area contributed by atoms with Gasteiger partial charge >= 0.3 is 11.9 Å². The van der Waals surface area contributed by atoms with Crippen LogP contribution in [0.4, 0.5) is 0 Å². The van der Waals surface area contributed by atoms with E-state index in [0.29, 0.717) is 11.1 Å². The number of hydrogen-bond acceptors (Lipinski definition) is 3. The first kappa shape index (κ1) is 10.7. The van der Waals surface area contributed by atoms with E-state index in [4.69, 9.17) is 4.74 Å². The van der Waals surface area contributed by atoms with Gasteiger partial charge in [-0.05, 0) is 25.5 Å². The van der Waals surface area contributed by atoms with Gasteiger partial charge in [0.2, 0.25) is 0 Å². The second-order valence-electron chi connectivity index (χ2n) is 4.35. The Kier molecular flexibility index (Phi) is 2.22. The highest BCUT2D eigenvalue weighted by Gasteiger charge is 2.45. The van der Waals surface area contributed by atoms with Gasteiger partial charge in [0.15, 0.2) is 0 Å². The molecule has 1 atom stereocenters. The minimum atomic E-state index is -1.02. The van der Waals surface area contributed by atoms with Crippen molar-refractivity contribution in [3.05, 3.63) is 35.4 Å². The summed E-state index contributed by atoms with van der Waals surface area (Å²) < 4.78 is 5.15. The first-order valence-electron chi connectivity index (χ1n) is 4.98. The van der Waals surface area contributed by atoms with Gasteiger partial charge in [-0.15, -0.1) is 0 Å². The van der Waals surface area contributed by atoms with Crippen molar-refractivity contribution in [3.63, 3.8) is 0 Å². The van der Waals surface area contributed by atoms with E-state index in [1.54, 1.807) is 38.1 Å². The van der Waals surface area contributed by atoms with Crippen LogP contribution in [0.5, 0.6) is 0 Å². The normalized spacial score (nSPS) is 22.1. The van der Waals surface area contributed by atoms with Crippen LogP contribution < -0.4 is 0 Å². The average molecular weight is 220 g/mol. The Morgan fingerprint density at radius 2 is 2.00 bits per heavy atom. The summed E-state index contributed by atoms with van der Waals surface area (Å²) in [6.07, 6.45) is 0. The third kappa shape index (κ3) is 1.46. The Hall–Kier alpha value is -1.84. The largest absolute Gasteiger partial charge is 0.481 e. The van der Waals surface area contributed by atoms with Crippen LogP contribution in [0.15, 0.2) is 24.3 Å². The number of carbonyl (C=O) groups excluding carboxylic acids is 1. The van der Waals surface area contributed by atoms with Crippen LogP contribution in [-0.4, -0.2) is 22.6 Å². The van der Waals surface area contributed by atoms with Crippen LogP contribution in [0.3, 0.4) is 0 Å². The Morgan fingerprint density at radius 3 is 2.62 bits per heavy atom. The zero-order chi connectivity index (χ0) is 11.9. The molecule has 0 saturated carbocycles. The summed E-state index contributed by atoms with van der Waals surface area (Å²) in [6.45, 7) is 3.22. The highest BCUT2D eigenvalue weighted by molar-refractivity contribution is 5.96. The topological polar surface area (TPSA) is 63.6 Å². The number of esters is 1. The van der Waals surface area contributed by atoms with E-state index in [-0.39, 0.29) is 0 Å². The monoisotopic (exact) mass is 220 g/mol. The number of cyclic esters (lactones) is 1. The van der Waals surface area contributed by atoms with Crippen LogP contribution in [-0.2, 0) is 9.53 Å². The molecule has 0 bridgehead atoms. The summed E-state index contributed by atoms with van der Waals surface area (Å²) >= 11 is 0. The van der Waals surface area contributed by atoms with Crippen molar-refractivity contribution in [3.8, 4) is 0 Å².